The van der Waals surface area contributed by atoms with Crippen molar-refractivity contribution in [1.29, 1.82) is 0 Å². The van der Waals surface area contributed by atoms with Crippen LogP contribution in [0.3, 0.4) is 0 Å². The van der Waals surface area contributed by atoms with Gasteiger partial charge in [-0.25, -0.2) is 0 Å². The molecule has 106 valence electrons. The molecule has 0 fully saturated rings. The number of nitrogens with zero attached hydrogens (tertiary/aromatic N) is 1. The third-order valence-corrected chi connectivity index (χ3v) is 2.96. The van der Waals surface area contributed by atoms with E-state index in [1.165, 1.54) is 0 Å². The number of benzene rings is 2. The van der Waals surface area contributed by atoms with Gasteiger partial charge < -0.3 is 4.90 Å². The minimum absolute atomic E-state index is 0.398. The zero-order valence-electron chi connectivity index (χ0n) is 12.1. The molecule has 0 saturated heterocycles. The van der Waals surface area contributed by atoms with Crippen LogP contribution in [0.5, 0.6) is 0 Å². The van der Waals surface area contributed by atoms with Gasteiger partial charge in [0.1, 0.15) is 0 Å². The van der Waals surface area contributed by atoms with E-state index in [-0.39, 0.29) is 0 Å². The predicted octanol–water partition coefficient (Wildman–Crippen LogP) is 3.04. The summed E-state index contributed by atoms with van der Waals surface area (Å²) < 4.78 is 0. The van der Waals surface area contributed by atoms with E-state index in [9.17, 15) is 9.59 Å². The van der Waals surface area contributed by atoms with Gasteiger partial charge in [0, 0.05) is 31.4 Å². The lowest BCUT2D eigenvalue weighted by Gasteiger charge is -2.11. The lowest BCUT2D eigenvalue weighted by Crippen LogP contribution is -2.18. The molecule has 0 aromatic heterocycles. The Morgan fingerprint density at radius 2 is 1.29 bits per heavy atom. The van der Waals surface area contributed by atoms with Crippen molar-refractivity contribution in [3.63, 3.8) is 0 Å². The van der Waals surface area contributed by atoms with Gasteiger partial charge in [-0.2, -0.15) is 0 Å². The summed E-state index contributed by atoms with van der Waals surface area (Å²) in [6.07, 6.45) is 1.68. The van der Waals surface area contributed by atoms with Gasteiger partial charge in [0.25, 0.3) is 0 Å². The summed E-state index contributed by atoms with van der Waals surface area (Å²) in [6, 6.07) is 17.8. The van der Waals surface area contributed by atoms with Gasteiger partial charge in [0.05, 0.1) is 0 Å². The lowest BCUT2D eigenvalue weighted by atomic mass is 9.96. The molecule has 0 atom stereocenters. The van der Waals surface area contributed by atoms with Crippen molar-refractivity contribution in [2.24, 2.45) is 0 Å². The highest BCUT2D eigenvalue weighted by atomic mass is 16.2. The van der Waals surface area contributed by atoms with Gasteiger partial charge in [-0.15, -0.1) is 0 Å². The maximum atomic E-state index is 12.5. The molecule has 0 saturated carbocycles. The summed E-state index contributed by atoms with van der Waals surface area (Å²) in [6.45, 7) is 0. The second-order valence-electron chi connectivity index (χ2n) is 4.90. The highest BCUT2D eigenvalue weighted by Crippen LogP contribution is 2.18. The molecule has 3 nitrogen and oxygen atoms in total. The molecule has 3 heteroatoms. The molecule has 0 aliphatic carbocycles. The van der Waals surface area contributed by atoms with Gasteiger partial charge in [-0.1, -0.05) is 60.7 Å². The maximum absolute atomic E-state index is 12.5. The van der Waals surface area contributed by atoms with Crippen LogP contribution in [0.2, 0.25) is 0 Å². The van der Waals surface area contributed by atoms with Crippen LogP contribution >= 0.6 is 0 Å². The summed E-state index contributed by atoms with van der Waals surface area (Å²) in [5.41, 5.74) is 1.54. The molecular weight excluding hydrogens is 262 g/mol. The van der Waals surface area contributed by atoms with Crippen LogP contribution in [-0.4, -0.2) is 30.6 Å². The highest BCUT2D eigenvalue weighted by Gasteiger charge is 2.21. The maximum Gasteiger partial charge on any atom is 0.235 e. The fraction of sp³-hybridized carbons (Fsp3) is 0.111. The van der Waals surface area contributed by atoms with Gasteiger partial charge in [-0.3, -0.25) is 9.59 Å². The van der Waals surface area contributed by atoms with E-state index < -0.39 is 11.6 Å². The van der Waals surface area contributed by atoms with Crippen LogP contribution in [-0.2, 0) is 4.79 Å². The molecule has 21 heavy (non-hydrogen) atoms. The zero-order chi connectivity index (χ0) is 15.2. The normalized spacial score (nSPS) is 11.0. The smallest absolute Gasteiger partial charge is 0.235 e. The largest absolute Gasteiger partial charge is 0.383 e. The molecule has 0 spiro atoms. The molecule has 0 amide bonds. The van der Waals surface area contributed by atoms with E-state index in [2.05, 4.69) is 0 Å². The first-order valence-electron chi connectivity index (χ1n) is 6.67. The molecule has 0 N–H and O–H groups in total. The van der Waals surface area contributed by atoms with Crippen molar-refractivity contribution < 1.29 is 9.59 Å². The number of hydrogen-bond donors (Lipinski definition) is 0. The number of ketones is 2. The quantitative estimate of drug-likeness (QED) is 0.479. The van der Waals surface area contributed by atoms with Crippen LogP contribution in [0.25, 0.3) is 5.57 Å². The van der Waals surface area contributed by atoms with E-state index >= 15 is 0 Å². The Balaban J connectivity index is 2.39. The molecule has 0 aliphatic heterocycles. The van der Waals surface area contributed by atoms with Crippen LogP contribution in [0.4, 0.5) is 0 Å². The molecule has 0 radical (unpaired) electrons. The number of carbonyl (C=O) groups is 2. The zero-order valence-corrected chi connectivity index (χ0v) is 12.1. The summed E-state index contributed by atoms with van der Waals surface area (Å²) in [5.74, 6) is -0.992. The number of Topliss-reactive ketones (excluding diaryl/α,β-unsaturated/α-hetero) is 2. The summed E-state index contributed by atoms with van der Waals surface area (Å²) in [7, 11) is 3.65. The van der Waals surface area contributed by atoms with E-state index in [1.54, 1.807) is 35.4 Å². The Bertz CT molecular complexity index is 658. The molecule has 0 unspecified atom stereocenters. The number of allylic oxidation sites excluding steroid dienone is 1. The molecule has 2 aromatic carbocycles. The first-order chi connectivity index (χ1) is 10.1. The summed E-state index contributed by atoms with van der Waals surface area (Å²) >= 11 is 0. The Morgan fingerprint density at radius 3 is 1.76 bits per heavy atom. The van der Waals surface area contributed by atoms with Crippen molar-refractivity contribution in [2.75, 3.05) is 14.1 Å². The van der Waals surface area contributed by atoms with Crippen molar-refractivity contribution in [3.05, 3.63) is 78.0 Å². The predicted molar refractivity (Wildman–Crippen MR) is 83.9 cm³/mol. The second kappa shape index (κ2) is 6.66. The van der Waals surface area contributed by atoms with E-state index in [0.29, 0.717) is 11.1 Å². The average Bonchev–Trinajstić information content (AvgIpc) is 2.53. The van der Waals surface area contributed by atoms with Gasteiger partial charge in [0.2, 0.25) is 11.6 Å². The highest BCUT2D eigenvalue weighted by molar-refractivity contribution is 6.58. The fourth-order valence-corrected chi connectivity index (χ4v) is 1.98. The number of rotatable bonds is 5. The Morgan fingerprint density at radius 1 is 0.810 bits per heavy atom. The number of hydrogen-bond acceptors (Lipinski definition) is 3. The third-order valence-electron chi connectivity index (χ3n) is 2.96. The third kappa shape index (κ3) is 3.66. The minimum Gasteiger partial charge on any atom is -0.383 e. The molecule has 0 bridgehead atoms. The van der Waals surface area contributed by atoms with Crippen molar-refractivity contribution in [3.8, 4) is 0 Å². The molecule has 0 aliphatic rings. The summed E-state index contributed by atoms with van der Waals surface area (Å²) in [5, 5.41) is 0. The SMILES string of the molecule is CN(C)C=C(C(=O)C(=O)c1ccccc1)c1ccccc1. The fourth-order valence-electron chi connectivity index (χ4n) is 1.98. The molecule has 0 heterocycles. The lowest BCUT2D eigenvalue weighted by molar-refractivity contribution is -0.110. The summed E-state index contributed by atoms with van der Waals surface area (Å²) in [4.78, 5) is 26.6. The van der Waals surface area contributed by atoms with Gasteiger partial charge in [-0.05, 0) is 5.56 Å². The van der Waals surface area contributed by atoms with Crippen molar-refractivity contribution >= 4 is 17.1 Å². The first-order valence-corrected chi connectivity index (χ1v) is 6.67. The van der Waals surface area contributed by atoms with Crippen molar-refractivity contribution in [1.82, 2.24) is 4.90 Å². The first kappa shape index (κ1) is 14.7. The Hall–Kier alpha value is -2.68. The second-order valence-corrected chi connectivity index (χ2v) is 4.90. The van der Waals surface area contributed by atoms with E-state index in [0.717, 1.165) is 5.56 Å². The molecular formula is C18H17NO2. The monoisotopic (exact) mass is 279 g/mol. The standard InChI is InChI=1S/C18H17NO2/c1-19(2)13-16(14-9-5-3-6-10-14)18(21)17(20)15-11-7-4-8-12-15/h3-13H,1-2H3. The minimum atomic E-state index is -0.499. The Kier molecular flexibility index (Phi) is 4.67. The molecule has 2 aromatic rings. The van der Waals surface area contributed by atoms with E-state index in [1.807, 2.05) is 50.5 Å². The van der Waals surface area contributed by atoms with Crippen LogP contribution in [0.1, 0.15) is 15.9 Å². The van der Waals surface area contributed by atoms with Crippen molar-refractivity contribution in [2.45, 2.75) is 0 Å². The van der Waals surface area contributed by atoms with E-state index in [4.69, 9.17) is 0 Å². The average molecular weight is 279 g/mol. The van der Waals surface area contributed by atoms with Crippen LogP contribution in [0, 0.1) is 0 Å². The van der Waals surface area contributed by atoms with Gasteiger partial charge in [0.15, 0.2) is 0 Å². The van der Waals surface area contributed by atoms with Crippen LogP contribution in [0.15, 0.2) is 66.9 Å². The van der Waals surface area contributed by atoms with Crippen LogP contribution < -0.4 is 0 Å². The topological polar surface area (TPSA) is 37.4 Å². The van der Waals surface area contributed by atoms with Gasteiger partial charge >= 0.3 is 0 Å². The Labute approximate surface area is 124 Å². The number of carbonyl (C=O) groups excluding carboxylic acids is 2. The molecule has 2 rings (SSSR count).